The Morgan fingerprint density at radius 2 is 2.04 bits per heavy atom. The highest BCUT2D eigenvalue weighted by Gasteiger charge is 2.33. The molecule has 6 heteroatoms. The monoisotopic (exact) mass is 354 g/mol. The van der Waals surface area contributed by atoms with E-state index in [2.05, 4.69) is 12.2 Å². The van der Waals surface area contributed by atoms with Crippen LogP contribution < -0.4 is 19.7 Å². The van der Waals surface area contributed by atoms with Crippen molar-refractivity contribution in [1.29, 1.82) is 0 Å². The normalized spacial score (nSPS) is 15.6. The number of amides is 2. The van der Waals surface area contributed by atoms with Crippen LogP contribution in [0.4, 0.5) is 5.69 Å². The van der Waals surface area contributed by atoms with E-state index in [4.69, 9.17) is 9.47 Å². The van der Waals surface area contributed by atoms with Gasteiger partial charge >= 0.3 is 0 Å². The summed E-state index contributed by atoms with van der Waals surface area (Å²) in [6.07, 6.45) is 0.151. The highest BCUT2D eigenvalue weighted by atomic mass is 16.5. The first-order chi connectivity index (χ1) is 12.6. The van der Waals surface area contributed by atoms with E-state index in [-0.39, 0.29) is 25.0 Å². The predicted molar refractivity (Wildman–Crippen MR) is 98.6 cm³/mol. The second-order valence-electron chi connectivity index (χ2n) is 5.98. The Labute approximate surface area is 152 Å². The van der Waals surface area contributed by atoms with E-state index in [9.17, 15) is 9.59 Å². The van der Waals surface area contributed by atoms with Gasteiger partial charge in [0.2, 0.25) is 0 Å². The number of ether oxygens (including phenoxy) is 2. The zero-order valence-electron chi connectivity index (χ0n) is 14.9. The Balaban J connectivity index is 1.75. The van der Waals surface area contributed by atoms with Gasteiger partial charge in [0.25, 0.3) is 11.8 Å². The molecule has 1 aliphatic rings. The van der Waals surface area contributed by atoms with E-state index >= 15 is 0 Å². The standard InChI is InChI=1S/C20H22N2O4/c1-3-14-7-6-8-15(11-14)25-13-19(23)22-12-18(20(24)21-2)26-17-10-5-4-9-16(17)22/h4-11,18H,3,12-13H2,1-2H3,(H,21,24)/t18-/m1/s1. The third kappa shape index (κ3) is 3.79. The zero-order chi connectivity index (χ0) is 18.5. The lowest BCUT2D eigenvalue weighted by atomic mass is 10.1. The van der Waals surface area contributed by atoms with Crippen molar-refractivity contribution in [2.75, 3.05) is 25.1 Å². The van der Waals surface area contributed by atoms with Crippen molar-refractivity contribution in [2.24, 2.45) is 0 Å². The molecule has 0 bridgehead atoms. The van der Waals surface area contributed by atoms with Gasteiger partial charge in [-0.3, -0.25) is 9.59 Å². The van der Waals surface area contributed by atoms with Gasteiger partial charge in [-0.15, -0.1) is 0 Å². The van der Waals surface area contributed by atoms with Gasteiger partial charge in [0, 0.05) is 7.05 Å². The first-order valence-electron chi connectivity index (χ1n) is 8.61. The summed E-state index contributed by atoms with van der Waals surface area (Å²) in [6, 6.07) is 14.8. The summed E-state index contributed by atoms with van der Waals surface area (Å²) < 4.78 is 11.4. The van der Waals surface area contributed by atoms with Crippen molar-refractivity contribution in [3.8, 4) is 11.5 Å². The molecular weight excluding hydrogens is 332 g/mol. The third-order valence-corrected chi connectivity index (χ3v) is 4.28. The van der Waals surface area contributed by atoms with Crippen molar-refractivity contribution >= 4 is 17.5 Å². The Kier molecular flexibility index (Phi) is 5.41. The van der Waals surface area contributed by atoms with Crippen LogP contribution in [0.2, 0.25) is 0 Å². The van der Waals surface area contributed by atoms with Crippen LogP contribution in [0.5, 0.6) is 11.5 Å². The minimum absolute atomic E-state index is 0.109. The molecule has 6 nitrogen and oxygen atoms in total. The van der Waals surface area contributed by atoms with E-state index in [0.29, 0.717) is 17.2 Å². The van der Waals surface area contributed by atoms with E-state index in [0.717, 1.165) is 12.0 Å². The van der Waals surface area contributed by atoms with Crippen LogP contribution in [0.1, 0.15) is 12.5 Å². The van der Waals surface area contributed by atoms with Crippen LogP contribution in [0.25, 0.3) is 0 Å². The topological polar surface area (TPSA) is 67.9 Å². The molecule has 0 spiro atoms. The van der Waals surface area contributed by atoms with Gasteiger partial charge in [-0.25, -0.2) is 0 Å². The number of aryl methyl sites for hydroxylation is 1. The van der Waals surface area contributed by atoms with Crippen LogP contribution in [-0.4, -0.2) is 38.1 Å². The smallest absolute Gasteiger partial charge is 0.265 e. The van der Waals surface area contributed by atoms with Crippen molar-refractivity contribution in [3.63, 3.8) is 0 Å². The molecule has 26 heavy (non-hydrogen) atoms. The number of hydrogen-bond donors (Lipinski definition) is 1. The van der Waals surface area contributed by atoms with E-state index in [1.165, 1.54) is 0 Å². The molecule has 0 radical (unpaired) electrons. The maximum absolute atomic E-state index is 12.8. The number of carbonyl (C=O) groups is 2. The molecule has 1 N–H and O–H groups in total. The largest absolute Gasteiger partial charge is 0.484 e. The van der Waals surface area contributed by atoms with Crippen LogP contribution in [0.3, 0.4) is 0 Å². The summed E-state index contributed by atoms with van der Waals surface area (Å²) in [6.45, 7) is 2.10. The molecule has 2 aromatic rings. The molecule has 136 valence electrons. The molecule has 0 aromatic heterocycles. The number of fused-ring (bicyclic) bond motifs is 1. The van der Waals surface area contributed by atoms with Crippen LogP contribution in [0, 0.1) is 0 Å². The molecule has 1 heterocycles. The molecule has 2 amide bonds. The lowest BCUT2D eigenvalue weighted by molar-refractivity contribution is -0.128. The minimum Gasteiger partial charge on any atom is -0.484 e. The zero-order valence-corrected chi connectivity index (χ0v) is 14.9. The minimum atomic E-state index is -0.748. The second-order valence-corrected chi connectivity index (χ2v) is 5.98. The van der Waals surface area contributed by atoms with Gasteiger partial charge in [0.05, 0.1) is 12.2 Å². The first kappa shape index (κ1) is 17.8. The predicted octanol–water partition coefficient (Wildman–Crippen LogP) is 2.17. The summed E-state index contributed by atoms with van der Waals surface area (Å²) in [7, 11) is 1.54. The average Bonchev–Trinajstić information content (AvgIpc) is 2.70. The molecule has 0 fully saturated rings. The lowest BCUT2D eigenvalue weighted by Gasteiger charge is -2.33. The van der Waals surface area contributed by atoms with Crippen molar-refractivity contribution in [1.82, 2.24) is 5.32 Å². The summed E-state index contributed by atoms with van der Waals surface area (Å²) in [5, 5.41) is 2.56. The van der Waals surface area contributed by atoms with E-state index in [1.807, 2.05) is 30.3 Å². The fraction of sp³-hybridized carbons (Fsp3) is 0.300. The van der Waals surface area contributed by atoms with Crippen molar-refractivity contribution in [2.45, 2.75) is 19.4 Å². The molecule has 0 unspecified atom stereocenters. The van der Waals surface area contributed by atoms with E-state index in [1.54, 1.807) is 30.1 Å². The van der Waals surface area contributed by atoms with Crippen molar-refractivity contribution in [3.05, 3.63) is 54.1 Å². The Morgan fingerprint density at radius 3 is 2.81 bits per heavy atom. The number of likely N-dealkylation sites (N-methyl/N-ethyl adjacent to an activating group) is 1. The first-order valence-corrected chi connectivity index (χ1v) is 8.61. The maximum atomic E-state index is 12.8. The Bertz CT molecular complexity index is 806. The lowest BCUT2D eigenvalue weighted by Crippen LogP contribution is -2.51. The van der Waals surface area contributed by atoms with E-state index < -0.39 is 6.10 Å². The highest BCUT2D eigenvalue weighted by Crippen LogP contribution is 2.33. The van der Waals surface area contributed by atoms with Crippen LogP contribution in [0.15, 0.2) is 48.5 Å². The van der Waals surface area contributed by atoms with Gasteiger partial charge in [-0.05, 0) is 36.2 Å². The van der Waals surface area contributed by atoms with Gasteiger partial charge in [-0.1, -0.05) is 31.2 Å². The van der Waals surface area contributed by atoms with Crippen molar-refractivity contribution < 1.29 is 19.1 Å². The molecule has 2 aromatic carbocycles. The van der Waals surface area contributed by atoms with Gasteiger partial charge in [0.1, 0.15) is 11.5 Å². The Morgan fingerprint density at radius 1 is 1.23 bits per heavy atom. The number of anilines is 1. The van der Waals surface area contributed by atoms with Gasteiger partial charge < -0.3 is 19.7 Å². The number of para-hydroxylation sites is 2. The van der Waals surface area contributed by atoms with Gasteiger partial charge in [0.15, 0.2) is 12.7 Å². The number of carbonyl (C=O) groups excluding carboxylic acids is 2. The van der Waals surface area contributed by atoms with Crippen LogP contribution >= 0.6 is 0 Å². The number of nitrogens with one attached hydrogen (secondary N) is 1. The molecule has 1 aliphatic heterocycles. The molecule has 0 saturated heterocycles. The summed E-state index contributed by atoms with van der Waals surface area (Å²) in [5.41, 5.74) is 1.79. The van der Waals surface area contributed by atoms with Crippen LogP contribution in [-0.2, 0) is 16.0 Å². The quantitative estimate of drug-likeness (QED) is 0.894. The summed E-state index contributed by atoms with van der Waals surface area (Å²) in [4.78, 5) is 26.3. The summed E-state index contributed by atoms with van der Waals surface area (Å²) >= 11 is 0. The molecule has 1 atom stereocenters. The fourth-order valence-electron chi connectivity index (χ4n) is 2.85. The molecule has 3 rings (SSSR count). The number of benzene rings is 2. The average molecular weight is 354 g/mol. The number of nitrogens with zero attached hydrogens (tertiary/aromatic N) is 1. The molecule has 0 aliphatic carbocycles. The maximum Gasteiger partial charge on any atom is 0.265 e. The third-order valence-electron chi connectivity index (χ3n) is 4.28. The molecule has 0 saturated carbocycles. The highest BCUT2D eigenvalue weighted by molar-refractivity contribution is 5.98. The van der Waals surface area contributed by atoms with Gasteiger partial charge in [-0.2, -0.15) is 0 Å². The summed E-state index contributed by atoms with van der Waals surface area (Å²) in [5.74, 6) is 0.668. The SMILES string of the molecule is CCc1cccc(OCC(=O)N2C[C@H](C(=O)NC)Oc3ccccc32)c1. The number of hydrogen-bond acceptors (Lipinski definition) is 4. The second kappa shape index (κ2) is 7.91. The number of rotatable bonds is 5. The molecular formula is C20H22N2O4. The fourth-order valence-corrected chi connectivity index (χ4v) is 2.85. The Hall–Kier alpha value is -3.02.